The molecule has 0 spiro atoms. The highest BCUT2D eigenvalue weighted by molar-refractivity contribution is 5.79. The number of rotatable bonds is 4. The SMILES string of the molecule is Cc1cccc(N2CCN(c3ccc(C=O)cc3[N+](=O)[O-])CC2)c1. The van der Waals surface area contributed by atoms with Crippen molar-refractivity contribution in [3.63, 3.8) is 0 Å². The van der Waals surface area contributed by atoms with Crippen LogP contribution in [0.1, 0.15) is 15.9 Å². The fourth-order valence-electron chi connectivity index (χ4n) is 3.06. The van der Waals surface area contributed by atoms with Crippen molar-refractivity contribution >= 4 is 23.3 Å². The molecule has 0 saturated carbocycles. The first-order valence-corrected chi connectivity index (χ1v) is 7.88. The Labute approximate surface area is 140 Å². The highest BCUT2D eigenvalue weighted by Gasteiger charge is 2.24. The Morgan fingerprint density at radius 3 is 2.38 bits per heavy atom. The number of hydrogen-bond acceptors (Lipinski definition) is 5. The number of aryl methyl sites for hydroxylation is 1. The van der Waals surface area contributed by atoms with Gasteiger partial charge in [-0.15, -0.1) is 0 Å². The van der Waals surface area contributed by atoms with Gasteiger partial charge in [-0.3, -0.25) is 14.9 Å². The van der Waals surface area contributed by atoms with E-state index in [1.165, 1.54) is 17.3 Å². The second-order valence-electron chi connectivity index (χ2n) is 5.94. The zero-order chi connectivity index (χ0) is 17.1. The summed E-state index contributed by atoms with van der Waals surface area (Å²) in [6.45, 7) is 5.08. The molecule has 3 rings (SSSR count). The lowest BCUT2D eigenvalue weighted by Crippen LogP contribution is -2.46. The van der Waals surface area contributed by atoms with E-state index in [0.717, 1.165) is 13.1 Å². The van der Waals surface area contributed by atoms with Crippen LogP contribution in [-0.2, 0) is 0 Å². The summed E-state index contributed by atoms with van der Waals surface area (Å²) in [6, 6.07) is 13.0. The lowest BCUT2D eigenvalue weighted by molar-refractivity contribution is -0.384. The molecule has 1 aliphatic heterocycles. The Kier molecular flexibility index (Phi) is 4.46. The predicted octanol–water partition coefficient (Wildman–Crippen LogP) is 3.04. The highest BCUT2D eigenvalue weighted by atomic mass is 16.6. The minimum Gasteiger partial charge on any atom is -0.368 e. The second kappa shape index (κ2) is 6.70. The van der Waals surface area contributed by atoms with Gasteiger partial charge in [-0.05, 0) is 36.8 Å². The lowest BCUT2D eigenvalue weighted by atomic mass is 10.1. The van der Waals surface area contributed by atoms with Crippen molar-refractivity contribution in [1.29, 1.82) is 0 Å². The minimum atomic E-state index is -0.421. The molecular formula is C18H19N3O3. The maximum absolute atomic E-state index is 11.3. The quantitative estimate of drug-likeness (QED) is 0.491. The van der Waals surface area contributed by atoms with Crippen LogP contribution < -0.4 is 9.80 Å². The number of nitro groups is 1. The lowest BCUT2D eigenvalue weighted by Gasteiger charge is -2.37. The third-order valence-corrected chi connectivity index (χ3v) is 4.32. The number of aldehydes is 1. The molecule has 0 amide bonds. The number of carbonyl (C=O) groups excluding carboxylic acids is 1. The monoisotopic (exact) mass is 325 g/mol. The molecule has 6 nitrogen and oxygen atoms in total. The summed E-state index contributed by atoms with van der Waals surface area (Å²) in [5.74, 6) is 0. The van der Waals surface area contributed by atoms with E-state index >= 15 is 0 Å². The van der Waals surface area contributed by atoms with E-state index in [2.05, 4.69) is 30.0 Å². The maximum atomic E-state index is 11.3. The van der Waals surface area contributed by atoms with Crippen LogP contribution in [-0.4, -0.2) is 37.4 Å². The first kappa shape index (κ1) is 16.0. The molecule has 1 heterocycles. The molecule has 124 valence electrons. The van der Waals surface area contributed by atoms with E-state index in [4.69, 9.17) is 0 Å². The number of hydrogen-bond donors (Lipinski definition) is 0. The van der Waals surface area contributed by atoms with Gasteiger partial charge in [-0.25, -0.2) is 0 Å². The molecule has 1 fully saturated rings. The Morgan fingerprint density at radius 2 is 1.75 bits per heavy atom. The molecule has 24 heavy (non-hydrogen) atoms. The van der Waals surface area contributed by atoms with E-state index in [1.54, 1.807) is 12.1 Å². The summed E-state index contributed by atoms with van der Waals surface area (Å²) in [5, 5.41) is 11.3. The van der Waals surface area contributed by atoms with E-state index in [0.29, 0.717) is 30.6 Å². The summed E-state index contributed by atoms with van der Waals surface area (Å²) in [5.41, 5.74) is 3.29. The van der Waals surface area contributed by atoms with E-state index in [1.807, 2.05) is 11.0 Å². The van der Waals surface area contributed by atoms with Gasteiger partial charge in [0.1, 0.15) is 12.0 Å². The number of carbonyl (C=O) groups is 1. The van der Waals surface area contributed by atoms with Gasteiger partial charge in [0.2, 0.25) is 0 Å². The number of nitrogens with zero attached hydrogens (tertiary/aromatic N) is 3. The standard InChI is InChI=1S/C18H19N3O3/c1-14-3-2-4-16(11-14)19-7-9-20(10-8-19)17-6-5-15(13-22)12-18(17)21(23)24/h2-6,11-13H,7-10H2,1H3. The first-order chi connectivity index (χ1) is 11.6. The fourth-order valence-corrected chi connectivity index (χ4v) is 3.06. The maximum Gasteiger partial charge on any atom is 0.293 e. The van der Waals surface area contributed by atoms with Gasteiger partial charge in [0.25, 0.3) is 5.69 Å². The second-order valence-corrected chi connectivity index (χ2v) is 5.94. The average molecular weight is 325 g/mol. The zero-order valence-corrected chi connectivity index (χ0v) is 13.5. The summed E-state index contributed by atoms with van der Waals surface area (Å²) in [7, 11) is 0. The summed E-state index contributed by atoms with van der Waals surface area (Å²) < 4.78 is 0. The van der Waals surface area contributed by atoms with Crippen molar-refractivity contribution < 1.29 is 9.72 Å². The van der Waals surface area contributed by atoms with Crippen molar-refractivity contribution in [3.8, 4) is 0 Å². The molecule has 1 aliphatic rings. The molecule has 0 radical (unpaired) electrons. The number of piperazine rings is 1. The van der Waals surface area contributed by atoms with E-state index in [9.17, 15) is 14.9 Å². The molecule has 0 bridgehead atoms. The van der Waals surface area contributed by atoms with Gasteiger partial charge in [0.05, 0.1) is 4.92 Å². The molecular weight excluding hydrogens is 306 g/mol. The molecule has 0 atom stereocenters. The normalized spacial score (nSPS) is 14.5. The first-order valence-electron chi connectivity index (χ1n) is 7.88. The Bertz CT molecular complexity index is 768. The highest BCUT2D eigenvalue weighted by Crippen LogP contribution is 2.30. The van der Waals surface area contributed by atoms with Crippen LogP contribution in [0.3, 0.4) is 0 Å². The number of benzene rings is 2. The third kappa shape index (κ3) is 3.22. The smallest absolute Gasteiger partial charge is 0.293 e. The minimum absolute atomic E-state index is 0.0106. The van der Waals surface area contributed by atoms with Crippen LogP contribution in [0.25, 0.3) is 0 Å². The average Bonchev–Trinajstić information content (AvgIpc) is 2.61. The van der Waals surface area contributed by atoms with Crippen LogP contribution >= 0.6 is 0 Å². The fraction of sp³-hybridized carbons (Fsp3) is 0.278. The Morgan fingerprint density at radius 1 is 1.04 bits per heavy atom. The topological polar surface area (TPSA) is 66.7 Å². The van der Waals surface area contributed by atoms with Crippen molar-refractivity contribution in [1.82, 2.24) is 0 Å². The zero-order valence-electron chi connectivity index (χ0n) is 13.5. The number of anilines is 2. The summed E-state index contributed by atoms with van der Waals surface area (Å²) in [4.78, 5) is 26.0. The predicted molar refractivity (Wildman–Crippen MR) is 94.1 cm³/mol. The molecule has 0 N–H and O–H groups in total. The van der Waals surface area contributed by atoms with Crippen molar-refractivity contribution in [2.45, 2.75) is 6.92 Å². The van der Waals surface area contributed by atoms with Gasteiger partial charge < -0.3 is 9.80 Å². The molecule has 0 aliphatic carbocycles. The van der Waals surface area contributed by atoms with Crippen LogP contribution in [0.15, 0.2) is 42.5 Å². The van der Waals surface area contributed by atoms with Crippen molar-refractivity contribution in [3.05, 3.63) is 63.7 Å². The number of nitro benzene ring substituents is 1. The third-order valence-electron chi connectivity index (χ3n) is 4.32. The molecule has 2 aromatic carbocycles. The van der Waals surface area contributed by atoms with Crippen LogP contribution in [0.2, 0.25) is 0 Å². The van der Waals surface area contributed by atoms with E-state index in [-0.39, 0.29) is 5.69 Å². The van der Waals surface area contributed by atoms with Gasteiger partial charge in [0, 0.05) is 43.5 Å². The molecule has 0 aromatic heterocycles. The van der Waals surface area contributed by atoms with Gasteiger partial charge in [0.15, 0.2) is 0 Å². The summed E-state index contributed by atoms with van der Waals surface area (Å²) >= 11 is 0. The molecule has 0 unspecified atom stereocenters. The van der Waals surface area contributed by atoms with Gasteiger partial charge in [-0.1, -0.05) is 12.1 Å². The summed E-state index contributed by atoms with van der Waals surface area (Å²) in [6.07, 6.45) is 0.631. The van der Waals surface area contributed by atoms with Crippen LogP contribution in [0, 0.1) is 17.0 Å². The van der Waals surface area contributed by atoms with Crippen LogP contribution in [0.5, 0.6) is 0 Å². The van der Waals surface area contributed by atoms with Crippen molar-refractivity contribution in [2.24, 2.45) is 0 Å². The molecule has 6 heteroatoms. The van der Waals surface area contributed by atoms with E-state index < -0.39 is 4.92 Å². The Hall–Kier alpha value is -2.89. The van der Waals surface area contributed by atoms with Crippen molar-refractivity contribution in [2.75, 3.05) is 36.0 Å². The molecule has 2 aromatic rings. The largest absolute Gasteiger partial charge is 0.368 e. The van der Waals surface area contributed by atoms with Gasteiger partial charge in [-0.2, -0.15) is 0 Å². The van der Waals surface area contributed by atoms with Crippen LogP contribution in [0.4, 0.5) is 17.1 Å². The van der Waals surface area contributed by atoms with Gasteiger partial charge >= 0.3 is 0 Å². The Balaban J connectivity index is 1.77. The molecule has 1 saturated heterocycles.